The maximum atomic E-state index is 5.70. The molecule has 0 saturated heterocycles. The van der Waals surface area contributed by atoms with Gasteiger partial charge < -0.3 is 4.90 Å². The summed E-state index contributed by atoms with van der Waals surface area (Å²) in [4.78, 5) is 2.22. The Morgan fingerprint density at radius 1 is 1.22 bits per heavy atom. The van der Waals surface area contributed by atoms with Gasteiger partial charge in [-0.2, -0.15) is 0 Å². The minimum atomic E-state index is 0.0610. The Labute approximate surface area is 111 Å². The third-order valence-electron chi connectivity index (χ3n) is 4.01. The Hall–Kier alpha value is -0.900. The molecule has 1 aromatic rings. The molecule has 1 atom stereocenters. The van der Waals surface area contributed by atoms with E-state index >= 15 is 0 Å². The zero-order valence-corrected chi connectivity index (χ0v) is 12.1. The van der Waals surface area contributed by atoms with E-state index in [0.29, 0.717) is 6.04 Å². The van der Waals surface area contributed by atoms with E-state index in [-0.39, 0.29) is 5.54 Å². The van der Waals surface area contributed by atoms with Crippen molar-refractivity contribution in [3.05, 3.63) is 35.9 Å². The van der Waals surface area contributed by atoms with Crippen LogP contribution < -0.4 is 11.3 Å². The van der Waals surface area contributed by atoms with Crippen molar-refractivity contribution in [3.8, 4) is 0 Å². The summed E-state index contributed by atoms with van der Waals surface area (Å²) in [7, 11) is 4.20. The molecule has 0 aliphatic rings. The van der Waals surface area contributed by atoms with Gasteiger partial charge in [-0.25, -0.2) is 0 Å². The molecule has 0 spiro atoms. The van der Waals surface area contributed by atoms with Crippen LogP contribution in [0.25, 0.3) is 0 Å². The van der Waals surface area contributed by atoms with Crippen LogP contribution in [0.3, 0.4) is 0 Å². The lowest BCUT2D eigenvalue weighted by Crippen LogP contribution is -2.57. The second-order valence-corrected chi connectivity index (χ2v) is 5.65. The maximum absolute atomic E-state index is 5.70. The third kappa shape index (κ3) is 4.09. The summed E-state index contributed by atoms with van der Waals surface area (Å²) in [5.41, 5.74) is 4.43. The molecule has 3 nitrogen and oxygen atoms in total. The molecule has 1 aromatic carbocycles. The monoisotopic (exact) mass is 249 g/mol. The van der Waals surface area contributed by atoms with Crippen LogP contribution in [0.15, 0.2) is 30.3 Å². The number of nitrogens with zero attached hydrogens (tertiary/aromatic N) is 1. The number of rotatable bonds is 7. The molecule has 3 N–H and O–H groups in total. The van der Waals surface area contributed by atoms with Crippen LogP contribution in [-0.2, 0) is 6.42 Å². The van der Waals surface area contributed by atoms with Crippen molar-refractivity contribution in [1.29, 1.82) is 0 Å². The number of nitrogens with two attached hydrogens (primary N) is 1. The molecule has 102 valence electrons. The first kappa shape index (κ1) is 15.2. The molecule has 18 heavy (non-hydrogen) atoms. The van der Waals surface area contributed by atoms with E-state index < -0.39 is 0 Å². The van der Waals surface area contributed by atoms with Crippen molar-refractivity contribution >= 4 is 0 Å². The molecule has 0 fully saturated rings. The standard InChI is InChI=1S/C15H27N3/c1-15(2,18(3)4)14(17-16)12-8-11-13-9-6-5-7-10-13/h5-7,9-10,14,17H,8,11-12,16H2,1-4H3. The number of likely N-dealkylation sites (N-methyl/N-ethyl adjacent to an activating group) is 1. The largest absolute Gasteiger partial charge is 0.303 e. The van der Waals surface area contributed by atoms with Gasteiger partial charge in [-0.3, -0.25) is 11.3 Å². The van der Waals surface area contributed by atoms with E-state index in [4.69, 9.17) is 5.84 Å². The fraction of sp³-hybridized carbons (Fsp3) is 0.600. The SMILES string of the molecule is CN(C)C(C)(C)C(CCCc1ccccc1)NN. The molecule has 3 heteroatoms. The highest BCUT2D eigenvalue weighted by molar-refractivity contribution is 5.14. The number of hydrogen-bond acceptors (Lipinski definition) is 3. The van der Waals surface area contributed by atoms with E-state index in [9.17, 15) is 0 Å². The number of aryl methyl sites for hydroxylation is 1. The second kappa shape index (κ2) is 6.88. The van der Waals surface area contributed by atoms with Crippen molar-refractivity contribution in [2.75, 3.05) is 14.1 Å². The molecule has 1 rings (SSSR count). The quantitative estimate of drug-likeness (QED) is 0.575. The van der Waals surface area contributed by atoms with Gasteiger partial charge >= 0.3 is 0 Å². The Bertz CT molecular complexity index is 333. The molecule has 0 aliphatic heterocycles. The number of hydrazine groups is 1. The van der Waals surface area contributed by atoms with Crippen LogP contribution in [0, 0.1) is 0 Å². The first-order valence-corrected chi connectivity index (χ1v) is 6.66. The van der Waals surface area contributed by atoms with Crippen LogP contribution in [-0.4, -0.2) is 30.6 Å². The fourth-order valence-electron chi connectivity index (χ4n) is 2.11. The summed E-state index contributed by atoms with van der Waals surface area (Å²) in [5, 5.41) is 0. The molecular formula is C15H27N3. The molecule has 1 unspecified atom stereocenters. The van der Waals surface area contributed by atoms with Gasteiger partial charge in [-0.05, 0) is 52.8 Å². The number of benzene rings is 1. The molecule has 0 amide bonds. The zero-order chi connectivity index (χ0) is 13.6. The smallest absolute Gasteiger partial charge is 0.0389 e. The average molecular weight is 249 g/mol. The highest BCUT2D eigenvalue weighted by Crippen LogP contribution is 2.20. The predicted molar refractivity (Wildman–Crippen MR) is 78.3 cm³/mol. The Kier molecular flexibility index (Phi) is 5.79. The number of nitrogens with one attached hydrogen (secondary N) is 1. The summed E-state index contributed by atoms with van der Waals surface area (Å²) in [6, 6.07) is 10.9. The minimum absolute atomic E-state index is 0.0610. The molecule has 0 radical (unpaired) electrons. The summed E-state index contributed by atoms with van der Waals surface area (Å²) in [6.45, 7) is 4.44. The van der Waals surface area contributed by atoms with Gasteiger partial charge in [0, 0.05) is 11.6 Å². The lowest BCUT2D eigenvalue weighted by atomic mass is 9.89. The van der Waals surface area contributed by atoms with E-state index in [1.54, 1.807) is 0 Å². The molecule has 0 saturated carbocycles. The minimum Gasteiger partial charge on any atom is -0.303 e. The van der Waals surface area contributed by atoms with Crippen LogP contribution in [0.1, 0.15) is 32.3 Å². The lowest BCUT2D eigenvalue weighted by molar-refractivity contribution is 0.131. The van der Waals surface area contributed by atoms with Gasteiger partial charge in [0.2, 0.25) is 0 Å². The van der Waals surface area contributed by atoms with E-state index in [1.165, 1.54) is 5.56 Å². The maximum Gasteiger partial charge on any atom is 0.0389 e. The van der Waals surface area contributed by atoms with Gasteiger partial charge in [0.25, 0.3) is 0 Å². The highest BCUT2D eigenvalue weighted by atomic mass is 15.3. The average Bonchev–Trinajstić information content (AvgIpc) is 2.35. The molecule has 0 bridgehead atoms. The van der Waals surface area contributed by atoms with Gasteiger partial charge in [0.05, 0.1) is 0 Å². The summed E-state index contributed by atoms with van der Waals surface area (Å²) >= 11 is 0. The molecule has 0 heterocycles. The normalized spacial score (nSPS) is 13.9. The number of hydrogen-bond donors (Lipinski definition) is 2. The molecule has 0 aliphatic carbocycles. The Morgan fingerprint density at radius 3 is 2.33 bits per heavy atom. The van der Waals surface area contributed by atoms with Crippen LogP contribution in [0.2, 0.25) is 0 Å². The summed E-state index contributed by atoms with van der Waals surface area (Å²) in [6.07, 6.45) is 3.34. The van der Waals surface area contributed by atoms with Crippen molar-refractivity contribution in [2.24, 2.45) is 5.84 Å². The Morgan fingerprint density at radius 2 is 1.83 bits per heavy atom. The Balaban J connectivity index is 2.46. The van der Waals surface area contributed by atoms with E-state index in [0.717, 1.165) is 19.3 Å². The zero-order valence-electron chi connectivity index (χ0n) is 12.1. The van der Waals surface area contributed by atoms with Crippen molar-refractivity contribution in [2.45, 2.75) is 44.7 Å². The fourth-order valence-corrected chi connectivity index (χ4v) is 2.11. The summed E-state index contributed by atoms with van der Waals surface area (Å²) in [5.74, 6) is 5.70. The molecular weight excluding hydrogens is 222 g/mol. The van der Waals surface area contributed by atoms with E-state index in [1.807, 2.05) is 0 Å². The molecule has 0 aromatic heterocycles. The van der Waals surface area contributed by atoms with Crippen LogP contribution in [0.5, 0.6) is 0 Å². The second-order valence-electron chi connectivity index (χ2n) is 5.65. The van der Waals surface area contributed by atoms with Crippen molar-refractivity contribution in [3.63, 3.8) is 0 Å². The predicted octanol–water partition coefficient (Wildman–Crippen LogP) is 2.18. The summed E-state index contributed by atoms with van der Waals surface area (Å²) < 4.78 is 0. The topological polar surface area (TPSA) is 41.3 Å². The van der Waals surface area contributed by atoms with Crippen molar-refractivity contribution < 1.29 is 0 Å². The van der Waals surface area contributed by atoms with Gasteiger partial charge in [0.1, 0.15) is 0 Å². The lowest BCUT2D eigenvalue weighted by Gasteiger charge is -2.40. The van der Waals surface area contributed by atoms with Crippen LogP contribution >= 0.6 is 0 Å². The van der Waals surface area contributed by atoms with Crippen molar-refractivity contribution in [1.82, 2.24) is 10.3 Å². The van der Waals surface area contributed by atoms with Gasteiger partial charge in [0.15, 0.2) is 0 Å². The third-order valence-corrected chi connectivity index (χ3v) is 4.01. The first-order valence-electron chi connectivity index (χ1n) is 6.66. The van der Waals surface area contributed by atoms with Gasteiger partial charge in [-0.15, -0.1) is 0 Å². The van der Waals surface area contributed by atoms with Gasteiger partial charge in [-0.1, -0.05) is 30.3 Å². The van der Waals surface area contributed by atoms with Crippen LogP contribution in [0.4, 0.5) is 0 Å². The highest BCUT2D eigenvalue weighted by Gasteiger charge is 2.30. The first-order chi connectivity index (χ1) is 8.48. The van der Waals surface area contributed by atoms with E-state index in [2.05, 4.69) is 68.6 Å².